The van der Waals surface area contributed by atoms with E-state index in [1.54, 1.807) is 11.5 Å². The summed E-state index contributed by atoms with van der Waals surface area (Å²) < 4.78 is 1.66. The van der Waals surface area contributed by atoms with Crippen molar-refractivity contribution >= 4 is 5.97 Å². The molecule has 0 amide bonds. The van der Waals surface area contributed by atoms with Gasteiger partial charge in [0.2, 0.25) is 0 Å². The van der Waals surface area contributed by atoms with Gasteiger partial charge in [-0.3, -0.25) is 9.36 Å². The molecule has 1 N–H and O–H groups in total. The highest BCUT2D eigenvalue weighted by Gasteiger charge is 2.15. The molecule has 1 rings (SSSR count). The maximum atomic E-state index is 12.0. The highest BCUT2D eigenvalue weighted by Crippen LogP contribution is 2.20. The Morgan fingerprint density at radius 2 is 1.90 bits per heavy atom. The summed E-state index contributed by atoms with van der Waals surface area (Å²) in [7, 11) is 0. The van der Waals surface area contributed by atoms with Crippen molar-refractivity contribution in [3.63, 3.8) is 0 Å². The standard InChI is InChI=1S/C15H24N2O3/c1-10-12(6-7-13(18)19)11(2)17(14(20)16-10)9-8-15(3,4)5/h6-9H2,1-5H3,(H,18,19). The lowest BCUT2D eigenvalue weighted by molar-refractivity contribution is -0.136. The minimum absolute atomic E-state index is 0.0564. The zero-order valence-electron chi connectivity index (χ0n) is 13.0. The molecule has 1 heterocycles. The average Bonchev–Trinajstić information content (AvgIpc) is 2.25. The molecule has 0 atom stereocenters. The number of rotatable bonds is 5. The first-order valence-electron chi connectivity index (χ1n) is 6.90. The molecule has 1 aromatic rings. The monoisotopic (exact) mass is 280 g/mol. The predicted octanol–water partition coefficient (Wildman–Crippen LogP) is 2.31. The molecule has 0 radical (unpaired) electrons. The van der Waals surface area contributed by atoms with Crippen LogP contribution in [0.25, 0.3) is 0 Å². The van der Waals surface area contributed by atoms with Crippen LogP contribution in [0.15, 0.2) is 4.79 Å². The van der Waals surface area contributed by atoms with Crippen molar-refractivity contribution in [3.05, 3.63) is 27.4 Å². The summed E-state index contributed by atoms with van der Waals surface area (Å²) in [6, 6.07) is 0. The van der Waals surface area contributed by atoms with Crippen LogP contribution in [0, 0.1) is 19.3 Å². The zero-order valence-corrected chi connectivity index (χ0v) is 13.0. The van der Waals surface area contributed by atoms with E-state index in [1.165, 1.54) is 0 Å². The van der Waals surface area contributed by atoms with Gasteiger partial charge in [-0.05, 0) is 37.7 Å². The van der Waals surface area contributed by atoms with Crippen LogP contribution in [-0.2, 0) is 17.8 Å². The van der Waals surface area contributed by atoms with E-state index < -0.39 is 5.97 Å². The van der Waals surface area contributed by atoms with Gasteiger partial charge in [0.05, 0.1) is 0 Å². The summed E-state index contributed by atoms with van der Waals surface area (Å²) in [6.07, 6.45) is 1.34. The number of carboxylic acids is 1. The summed E-state index contributed by atoms with van der Waals surface area (Å²) in [5.41, 5.74) is 2.25. The third-order valence-electron chi connectivity index (χ3n) is 3.45. The van der Waals surface area contributed by atoms with Crippen molar-refractivity contribution in [3.8, 4) is 0 Å². The van der Waals surface area contributed by atoms with Crippen LogP contribution in [0.1, 0.15) is 50.6 Å². The Morgan fingerprint density at radius 1 is 1.30 bits per heavy atom. The van der Waals surface area contributed by atoms with E-state index in [0.29, 0.717) is 18.7 Å². The second kappa shape index (κ2) is 6.20. The van der Waals surface area contributed by atoms with Crippen molar-refractivity contribution in [2.24, 2.45) is 5.41 Å². The molecular weight excluding hydrogens is 256 g/mol. The quantitative estimate of drug-likeness (QED) is 0.898. The summed E-state index contributed by atoms with van der Waals surface area (Å²) in [5, 5.41) is 8.80. The third-order valence-corrected chi connectivity index (χ3v) is 3.45. The van der Waals surface area contributed by atoms with Crippen LogP contribution >= 0.6 is 0 Å². The molecule has 112 valence electrons. The molecule has 0 fully saturated rings. The molecule has 0 aliphatic rings. The molecule has 0 saturated carbocycles. The first-order chi connectivity index (χ1) is 9.11. The summed E-state index contributed by atoms with van der Waals surface area (Å²) in [5.74, 6) is -0.837. The molecule has 0 aromatic carbocycles. The van der Waals surface area contributed by atoms with E-state index in [1.807, 2.05) is 6.92 Å². The molecule has 20 heavy (non-hydrogen) atoms. The SMILES string of the molecule is Cc1nc(=O)n(CCC(C)(C)C)c(C)c1CCC(=O)O. The Hall–Kier alpha value is -1.65. The van der Waals surface area contributed by atoms with Crippen molar-refractivity contribution in [1.82, 2.24) is 9.55 Å². The largest absolute Gasteiger partial charge is 0.481 e. The van der Waals surface area contributed by atoms with Crippen molar-refractivity contribution < 1.29 is 9.90 Å². The van der Waals surface area contributed by atoms with Crippen LogP contribution in [0.3, 0.4) is 0 Å². The van der Waals surface area contributed by atoms with Gasteiger partial charge in [0.1, 0.15) is 0 Å². The van der Waals surface area contributed by atoms with E-state index >= 15 is 0 Å². The Bertz CT molecular complexity index is 553. The van der Waals surface area contributed by atoms with Gasteiger partial charge in [-0.1, -0.05) is 20.8 Å². The number of hydrogen-bond donors (Lipinski definition) is 1. The third kappa shape index (κ3) is 4.47. The van der Waals surface area contributed by atoms with Crippen LogP contribution < -0.4 is 5.69 Å². The van der Waals surface area contributed by atoms with Crippen LogP contribution in [0.4, 0.5) is 0 Å². The molecule has 0 spiro atoms. The lowest BCUT2D eigenvalue weighted by Crippen LogP contribution is -2.29. The minimum Gasteiger partial charge on any atom is -0.481 e. The lowest BCUT2D eigenvalue weighted by atomic mass is 9.92. The normalized spacial score (nSPS) is 11.7. The van der Waals surface area contributed by atoms with Crippen LogP contribution in [0.5, 0.6) is 0 Å². The Morgan fingerprint density at radius 3 is 2.40 bits per heavy atom. The number of hydrogen-bond acceptors (Lipinski definition) is 3. The van der Waals surface area contributed by atoms with Gasteiger partial charge >= 0.3 is 11.7 Å². The van der Waals surface area contributed by atoms with Gasteiger partial charge in [0.25, 0.3) is 0 Å². The highest BCUT2D eigenvalue weighted by atomic mass is 16.4. The Labute approximate surface area is 119 Å². The predicted molar refractivity (Wildman–Crippen MR) is 78.0 cm³/mol. The second-order valence-electron chi connectivity index (χ2n) is 6.40. The zero-order chi connectivity index (χ0) is 15.5. The van der Waals surface area contributed by atoms with E-state index in [0.717, 1.165) is 17.7 Å². The Balaban J connectivity index is 3.09. The van der Waals surface area contributed by atoms with E-state index in [9.17, 15) is 9.59 Å². The number of nitrogens with zero attached hydrogens (tertiary/aromatic N) is 2. The summed E-state index contributed by atoms with van der Waals surface area (Å²) in [4.78, 5) is 26.7. The number of carboxylic acid groups (broad SMARTS) is 1. The van der Waals surface area contributed by atoms with Crippen molar-refractivity contribution in [2.75, 3.05) is 0 Å². The van der Waals surface area contributed by atoms with Crippen LogP contribution in [-0.4, -0.2) is 20.6 Å². The summed E-state index contributed by atoms with van der Waals surface area (Å²) in [6.45, 7) is 10.6. The molecular formula is C15H24N2O3. The minimum atomic E-state index is -0.837. The van der Waals surface area contributed by atoms with Crippen LogP contribution in [0.2, 0.25) is 0 Å². The topological polar surface area (TPSA) is 72.2 Å². The van der Waals surface area contributed by atoms with Gasteiger partial charge in [0, 0.05) is 24.4 Å². The molecule has 0 aliphatic carbocycles. The smallest absolute Gasteiger partial charge is 0.347 e. The number of aliphatic carboxylic acids is 1. The van der Waals surface area contributed by atoms with E-state index in [2.05, 4.69) is 25.8 Å². The van der Waals surface area contributed by atoms with Gasteiger partial charge in [-0.25, -0.2) is 4.79 Å². The first-order valence-corrected chi connectivity index (χ1v) is 6.90. The molecule has 5 nitrogen and oxygen atoms in total. The average molecular weight is 280 g/mol. The van der Waals surface area contributed by atoms with Crippen molar-refractivity contribution in [2.45, 2.75) is 60.4 Å². The fraction of sp³-hybridized carbons (Fsp3) is 0.667. The fourth-order valence-electron chi connectivity index (χ4n) is 2.14. The maximum Gasteiger partial charge on any atom is 0.347 e. The molecule has 0 aliphatic heterocycles. The molecule has 0 saturated heterocycles. The number of carbonyl (C=O) groups is 1. The van der Waals surface area contributed by atoms with Gasteiger partial charge in [0.15, 0.2) is 0 Å². The van der Waals surface area contributed by atoms with Gasteiger partial charge < -0.3 is 5.11 Å². The van der Waals surface area contributed by atoms with E-state index in [-0.39, 0.29) is 17.5 Å². The number of aromatic nitrogens is 2. The Kier molecular flexibility index (Phi) is 5.09. The second-order valence-corrected chi connectivity index (χ2v) is 6.40. The van der Waals surface area contributed by atoms with Crippen molar-refractivity contribution in [1.29, 1.82) is 0 Å². The van der Waals surface area contributed by atoms with Gasteiger partial charge in [-0.15, -0.1) is 0 Å². The molecule has 5 heteroatoms. The highest BCUT2D eigenvalue weighted by molar-refractivity contribution is 5.67. The lowest BCUT2D eigenvalue weighted by Gasteiger charge is -2.21. The van der Waals surface area contributed by atoms with E-state index in [4.69, 9.17) is 5.11 Å². The molecule has 1 aromatic heterocycles. The molecule has 0 unspecified atom stereocenters. The fourth-order valence-corrected chi connectivity index (χ4v) is 2.14. The number of aryl methyl sites for hydroxylation is 1. The molecule has 0 bridgehead atoms. The first kappa shape index (κ1) is 16.4. The van der Waals surface area contributed by atoms with Gasteiger partial charge in [-0.2, -0.15) is 4.98 Å². The summed E-state index contributed by atoms with van der Waals surface area (Å²) >= 11 is 0. The maximum absolute atomic E-state index is 12.0.